The largest absolute Gasteiger partial charge is 0.192 e. The van der Waals surface area contributed by atoms with Gasteiger partial charge in [0, 0.05) is 0 Å². The standard InChI is InChI=1S/C14H17N/c1-2-11-3-8-14(9-11)13-6-4-12(10-15)5-7-13/h4-7,11,14H,2-3,8-9H2,1H3. The first-order valence-electron chi connectivity index (χ1n) is 5.83. The molecule has 2 atom stereocenters. The van der Waals surface area contributed by atoms with Gasteiger partial charge in [-0.1, -0.05) is 25.5 Å². The van der Waals surface area contributed by atoms with Crippen LogP contribution in [0.3, 0.4) is 0 Å². The predicted octanol–water partition coefficient (Wildman–Crippen LogP) is 3.85. The van der Waals surface area contributed by atoms with Crippen LogP contribution in [0.2, 0.25) is 0 Å². The lowest BCUT2D eigenvalue weighted by molar-refractivity contribution is 0.521. The molecule has 0 N–H and O–H groups in total. The Bertz CT molecular complexity index is 358. The molecule has 0 saturated heterocycles. The van der Waals surface area contributed by atoms with Gasteiger partial charge in [0.25, 0.3) is 0 Å². The van der Waals surface area contributed by atoms with E-state index in [-0.39, 0.29) is 0 Å². The minimum absolute atomic E-state index is 0.739. The molecule has 0 bridgehead atoms. The lowest BCUT2D eigenvalue weighted by Crippen LogP contribution is -1.94. The predicted molar refractivity (Wildman–Crippen MR) is 61.5 cm³/mol. The fourth-order valence-electron chi connectivity index (χ4n) is 2.58. The number of benzene rings is 1. The van der Waals surface area contributed by atoms with Crippen molar-refractivity contribution in [3.05, 3.63) is 35.4 Å². The molecule has 0 aliphatic heterocycles. The Morgan fingerprint density at radius 3 is 2.53 bits per heavy atom. The molecule has 1 aliphatic rings. The molecule has 2 unspecified atom stereocenters. The van der Waals surface area contributed by atoms with Crippen LogP contribution in [-0.2, 0) is 0 Å². The van der Waals surface area contributed by atoms with E-state index >= 15 is 0 Å². The molecule has 1 fully saturated rings. The van der Waals surface area contributed by atoms with Gasteiger partial charge in [0.05, 0.1) is 11.6 Å². The first-order valence-corrected chi connectivity index (χ1v) is 5.83. The zero-order valence-electron chi connectivity index (χ0n) is 9.24. The second kappa shape index (κ2) is 4.49. The van der Waals surface area contributed by atoms with Crippen molar-refractivity contribution in [3.63, 3.8) is 0 Å². The molecule has 15 heavy (non-hydrogen) atoms. The smallest absolute Gasteiger partial charge is 0.0991 e. The maximum Gasteiger partial charge on any atom is 0.0991 e. The van der Waals surface area contributed by atoms with Crippen molar-refractivity contribution in [2.75, 3.05) is 0 Å². The molecule has 1 heteroatoms. The molecule has 0 aromatic heterocycles. The van der Waals surface area contributed by atoms with Crippen molar-refractivity contribution in [2.24, 2.45) is 5.92 Å². The van der Waals surface area contributed by atoms with Gasteiger partial charge in [-0.3, -0.25) is 0 Å². The van der Waals surface area contributed by atoms with Gasteiger partial charge in [-0.25, -0.2) is 0 Å². The van der Waals surface area contributed by atoms with Crippen LogP contribution in [0.1, 0.15) is 49.7 Å². The number of hydrogen-bond acceptors (Lipinski definition) is 1. The second-order valence-electron chi connectivity index (χ2n) is 4.52. The van der Waals surface area contributed by atoms with Crippen LogP contribution in [0.15, 0.2) is 24.3 Å². The van der Waals surface area contributed by atoms with E-state index in [2.05, 4.69) is 25.1 Å². The van der Waals surface area contributed by atoms with Gasteiger partial charge < -0.3 is 0 Å². The SMILES string of the molecule is CCC1CCC(c2ccc(C#N)cc2)C1. The zero-order valence-corrected chi connectivity index (χ0v) is 9.24. The molecule has 0 heterocycles. The van der Waals surface area contributed by atoms with Crippen LogP contribution in [0.4, 0.5) is 0 Å². The van der Waals surface area contributed by atoms with Crippen LogP contribution in [-0.4, -0.2) is 0 Å². The van der Waals surface area contributed by atoms with E-state index in [0.29, 0.717) is 0 Å². The van der Waals surface area contributed by atoms with Crippen LogP contribution in [0, 0.1) is 17.2 Å². The molecule has 0 amide bonds. The van der Waals surface area contributed by atoms with E-state index in [9.17, 15) is 0 Å². The Morgan fingerprint density at radius 1 is 1.27 bits per heavy atom. The van der Waals surface area contributed by atoms with Gasteiger partial charge in [-0.15, -0.1) is 0 Å². The highest BCUT2D eigenvalue weighted by Crippen LogP contribution is 2.39. The zero-order chi connectivity index (χ0) is 10.7. The van der Waals surface area contributed by atoms with Crippen LogP contribution in [0.5, 0.6) is 0 Å². The third-order valence-electron chi connectivity index (χ3n) is 3.63. The third-order valence-corrected chi connectivity index (χ3v) is 3.63. The maximum absolute atomic E-state index is 8.72. The minimum atomic E-state index is 0.739. The Hall–Kier alpha value is -1.29. The van der Waals surface area contributed by atoms with E-state index in [0.717, 1.165) is 17.4 Å². The highest BCUT2D eigenvalue weighted by atomic mass is 14.3. The quantitative estimate of drug-likeness (QED) is 0.709. The molecular formula is C14H17N. The van der Waals surface area contributed by atoms with Gasteiger partial charge in [0.15, 0.2) is 0 Å². The first kappa shape index (κ1) is 10.2. The fraction of sp³-hybridized carbons (Fsp3) is 0.500. The summed E-state index contributed by atoms with van der Waals surface area (Å²) in [4.78, 5) is 0. The second-order valence-corrected chi connectivity index (χ2v) is 4.52. The maximum atomic E-state index is 8.72. The highest BCUT2D eigenvalue weighted by Gasteiger charge is 2.24. The summed E-state index contributed by atoms with van der Waals surface area (Å²) in [6.07, 6.45) is 5.35. The molecule has 0 spiro atoms. The van der Waals surface area contributed by atoms with Crippen molar-refractivity contribution in [3.8, 4) is 6.07 Å². The van der Waals surface area contributed by atoms with E-state index in [1.807, 2.05) is 12.1 Å². The Kier molecular flexibility index (Phi) is 3.06. The molecule has 1 aromatic carbocycles. The summed E-state index contributed by atoms with van der Waals surface area (Å²) in [5, 5.41) is 8.72. The molecule has 78 valence electrons. The van der Waals surface area contributed by atoms with Gasteiger partial charge in [0.2, 0.25) is 0 Å². The third kappa shape index (κ3) is 2.21. The molecule has 1 saturated carbocycles. The Balaban J connectivity index is 2.08. The number of hydrogen-bond donors (Lipinski definition) is 0. The molecule has 1 nitrogen and oxygen atoms in total. The van der Waals surface area contributed by atoms with Crippen LogP contribution < -0.4 is 0 Å². The molecule has 2 rings (SSSR count). The minimum Gasteiger partial charge on any atom is -0.192 e. The number of rotatable bonds is 2. The lowest BCUT2D eigenvalue weighted by Gasteiger charge is -2.10. The van der Waals surface area contributed by atoms with Crippen molar-refractivity contribution >= 4 is 0 Å². The molecule has 1 aliphatic carbocycles. The summed E-state index contributed by atoms with van der Waals surface area (Å²) >= 11 is 0. The monoisotopic (exact) mass is 199 g/mol. The van der Waals surface area contributed by atoms with Crippen molar-refractivity contribution in [1.29, 1.82) is 5.26 Å². The first-order chi connectivity index (χ1) is 7.33. The highest BCUT2D eigenvalue weighted by molar-refractivity contribution is 5.33. The lowest BCUT2D eigenvalue weighted by atomic mass is 9.95. The molecule has 1 aromatic rings. The van der Waals surface area contributed by atoms with Gasteiger partial charge >= 0.3 is 0 Å². The fourth-order valence-corrected chi connectivity index (χ4v) is 2.58. The van der Waals surface area contributed by atoms with E-state index < -0.39 is 0 Å². The number of nitrogens with zero attached hydrogens (tertiary/aromatic N) is 1. The normalized spacial score (nSPS) is 25.1. The summed E-state index contributed by atoms with van der Waals surface area (Å²) in [7, 11) is 0. The summed E-state index contributed by atoms with van der Waals surface area (Å²) in [5.41, 5.74) is 2.19. The number of nitriles is 1. The van der Waals surface area contributed by atoms with Crippen molar-refractivity contribution < 1.29 is 0 Å². The van der Waals surface area contributed by atoms with Gasteiger partial charge in [-0.05, 0) is 48.8 Å². The Labute approximate surface area is 91.7 Å². The Morgan fingerprint density at radius 2 is 2.00 bits per heavy atom. The van der Waals surface area contributed by atoms with E-state index in [4.69, 9.17) is 5.26 Å². The summed E-state index contributed by atoms with van der Waals surface area (Å²) in [6, 6.07) is 10.3. The van der Waals surface area contributed by atoms with Gasteiger partial charge in [0.1, 0.15) is 0 Å². The molecular weight excluding hydrogens is 182 g/mol. The van der Waals surface area contributed by atoms with Crippen LogP contribution >= 0.6 is 0 Å². The summed E-state index contributed by atoms with van der Waals surface area (Å²) in [6.45, 7) is 2.28. The van der Waals surface area contributed by atoms with Gasteiger partial charge in [-0.2, -0.15) is 5.26 Å². The average Bonchev–Trinajstić information content (AvgIpc) is 2.78. The van der Waals surface area contributed by atoms with Crippen LogP contribution in [0.25, 0.3) is 0 Å². The van der Waals surface area contributed by atoms with E-state index in [1.165, 1.54) is 31.2 Å². The average molecular weight is 199 g/mol. The summed E-state index contributed by atoms with van der Waals surface area (Å²) < 4.78 is 0. The van der Waals surface area contributed by atoms with Crippen molar-refractivity contribution in [2.45, 2.75) is 38.5 Å². The molecule has 0 radical (unpaired) electrons. The van der Waals surface area contributed by atoms with E-state index in [1.54, 1.807) is 0 Å². The topological polar surface area (TPSA) is 23.8 Å². The van der Waals surface area contributed by atoms with Crippen molar-refractivity contribution in [1.82, 2.24) is 0 Å². The summed E-state index contributed by atoms with van der Waals surface area (Å²) in [5.74, 6) is 1.66.